The standard InChI is InChI=1S/C14H23O3P/c1-2-18(15,16-13-9-5-3-6-10-13)17-14-11-7-4-8-12-14/h5,7,9,11,13-14H,2-4,6,8,10,12H2,1H3. The number of hydrogen-bond donors (Lipinski definition) is 0. The summed E-state index contributed by atoms with van der Waals surface area (Å²) in [4.78, 5) is 0. The molecule has 0 bridgehead atoms. The summed E-state index contributed by atoms with van der Waals surface area (Å²) in [6, 6.07) is 0. The Labute approximate surface area is 110 Å². The number of hydrogen-bond acceptors (Lipinski definition) is 3. The van der Waals surface area contributed by atoms with Crippen molar-refractivity contribution in [2.75, 3.05) is 6.16 Å². The van der Waals surface area contributed by atoms with Gasteiger partial charge in [0.05, 0.1) is 12.2 Å². The molecular formula is C14H23O3P. The van der Waals surface area contributed by atoms with Crippen molar-refractivity contribution >= 4 is 7.60 Å². The van der Waals surface area contributed by atoms with Crippen molar-refractivity contribution < 1.29 is 13.6 Å². The summed E-state index contributed by atoms with van der Waals surface area (Å²) in [5.41, 5.74) is 0. The van der Waals surface area contributed by atoms with Gasteiger partial charge < -0.3 is 9.05 Å². The summed E-state index contributed by atoms with van der Waals surface area (Å²) in [6.45, 7) is 1.87. The minimum absolute atomic E-state index is 0.0305. The Kier molecular flexibility index (Phi) is 5.23. The van der Waals surface area contributed by atoms with Gasteiger partial charge in [0.25, 0.3) is 0 Å². The molecule has 2 aliphatic carbocycles. The molecule has 0 aromatic carbocycles. The highest BCUT2D eigenvalue weighted by atomic mass is 31.2. The van der Waals surface area contributed by atoms with E-state index in [4.69, 9.17) is 9.05 Å². The van der Waals surface area contributed by atoms with Crippen LogP contribution in [-0.4, -0.2) is 18.4 Å². The van der Waals surface area contributed by atoms with Gasteiger partial charge in [-0.25, -0.2) is 0 Å². The molecule has 0 spiro atoms. The first-order valence-electron chi connectivity index (χ1n) is 7.01. The van der Waals surface area contributed by atoms with Crippen LogP contribution in [0.15, 0.2) is 24.3 Å². The lowest BCUT2D eigenvalue weighted by molar-refractivity contribution is 0.137. The lowest BCUT2D eigenvalue weighted by Gasteiger charge is -2.27. The molecule has 3 nitrogen and oxygen atoms in total. The van der Waals surface area contributed by atoms with Gasteiger partial charge in [0.1, 0.15) is 0 Å². The summed E-state index contributed by atoms with van der Waals surface area (Å²) < 4.78 is 24.1. The van der Waals surface area contributed by atoms with Crippen molar-refractivity contribution in [3.8, 4) is 0 Å². The van der Waals surface area contributed by atoms with Crippen molar-refractivity contribution in [3.05, 3.63) is 24.3 Å². The van der Waals surface area contributed by atoms with Crippen molar-refractivity contribution in [2.45, 2.75) is 57.7 Å². The van der Waals surface area contributed by atoms with Gasteiger partial charge >= 0.3 is 7.60 Å². The number of allylic oxidation sites excluding steroid dienone is 2. The monoisotopic (exact) mass is 270 g/mol. The Bertz CT molecular complexity index is 332. The highest BCUT2D eigenvalue weighted by Crippen LogP contribution is 2.51. The minimum atomic E-state index is -2.94. The Balaban J connectivity index is 1.93. The maximum Gasteiger partial charge on any atom is 0.331 e. The lowest BCUT2D eigenvalue weighted by atomic mass is 10.1. The molecule has 0 amide bonds. The van der Waals surface area contributed by atoms with E-state index in [-0.39, 0.29) is 12.2 Å². The predicted octanol–water partition coefficient (Wildman–Crippen LogP) is 4.45. The van der Waals surface area contributed by atoms with Gasteiger partial charge in [-0.15, -0.1) is 0 Å². The molecule has 2 unspecified atom stereocenters. The Hall–Kier alpha value is -0.370. The first-order chi connectivity index (χ1) is 8.72. The van der Waals surface area contributed by atoms with Gasteiger partial charge in [0.15, 0.2) is 0 Å². The smallest absolute Gasteiger partial charge is 0.301 e. The van der Waals surface area contributed by atoms with Crippen LogP contribution >= 0.6 is 7.60 Å². The van der Waals surface area contributed by atoms with E-state index in [2.05, 4.69) is 12.2 Å². The van der Waals surface area contributed by atoms with Crippen molar-refractivity contribution in [2.24, 2.45) is 0 Å². The summed E-state index contributed by atoms with van der Waals surface area (Å²) in [7, 11) is -2.94. The fourth-order valence-corrected chi connectivity index (χ4v) is 3.85. The normalized spacial score (nSPS) is 31.2. The molecule has 0 aromatic rings. The van der Waals surface area contributed by atoms with Gasteiger partial charge in [-0.05, 0) is 38.5 Å². The molecule has 2 atom stereocenters. The molecule has 0 heterocycles. The maximum atomic E-state index is 12.6. The second kappa shape index (κ2) is 6.70. The Morgan fingerprint density at radius 1 is 1.06 bits per heavy atom. The van der Waals surface area contributed by atoms with Crippen LogP contribution in [0.3, 0.4) is 0 Å². The van der Waals surface area contributed by atoms with Gasteiger partial charge in [0.2, 0.25) is 0 Å². The van der Waals surface area contributed by atoms with E-state index in [1.54, 1.807) is 0 Å². The topological polar surface area (TPSA) is 35.5 Å². The van der Waals surface area contributed by atoms with Crippen LogP contribution in [-0.2, 0) is 13.6 Å². The zero-order valence-electron chi connectivity index (χ0n) is 11.1. The molecule has 0 fully saturated rings. The molecule has 18 heavy (non-hydrogen) atoms. The predicted molar refractivity (Wildman–Crippen MR) is 73.9 cm³/mol. The SMILES string of the molecule is CCP(=O)(OC1C=CCCC1)OC1C=CCCC1. The maximum absolute atomic E-state index is 12.6. The largest absolute Gasteiger partial charge is 0.331 e. The van der Waals surface area contributed by atoms with E-state index in [0.717, 1.165) is 38.5 Å². The first-order valence-corrected chi connectivity index (χ1v) is 8.74. The van der Waals surface area contributed by atoms with Crippen LogP contribution in [0.1, 0.15) is 45.4 Å². The molecule has 2 aliphatic rings. The van der Waals surface area contributed by atoms with Gasteiger partial charge in [-0.2, -0.15) is 0 Å². The lowest BCUT2D eigenvalue weighted by Crippen LogP contribution is -2.17. The van der Waals surface area contributed by atoms with Crippen LogP contribution in [0.4, 0.5) is 0 Å². The van der Waals surface area contributed by atoms with Crippen molar-refractivity contribution in [3.63, 3.8) is 0 Å². The van der Waals surface area contributed by atoms with Crippen LogP contribution in [0.25, 0.3) is 0 Å². The molecule has 0 saturated heterocycles. The summed E-state index contributed by atoms with van der Waals surface area (Å²) in [5.74, 6) is 0. The highest BCUT2D eigenvalue weighted by molar-refractivity contribution is 7.53. The third-order valence-electron chi connectivity index (χ3n) is 3.40. The van der Waals surface area contributed by atoms with E-state index in [0.29, 0.717) is 6.16 Å². The fourth-order valence-electron chi connectivity index (χ4n) is 2.32. The molecule has 102 valence electrons. The van der Waals surface area contributed by atoms with Gasteiger partial charge in [-0.3, -0.25) is 4.57 Å². The molecule has 4 heteroatoms. The summed E-state index contributed by atoms with van der Waals surface area (Å²) in [5, 5.41) is 0. The van der Waals surface area contributed by atoms with Gasteiger partial charge in [-0.1, -0.05) is 31.2 Å². The van der Waals surface area contributed by atoms with Crippen LogP contribution in [0, 0.1) is 0 Å². The van der Waals surface area contributed by atoms with Crippen molar-refractivity contribution in [1.82, 2.24) is 0 Å². The summed E-state index contributed by atoms with van der Waals surface area (Å²) >= 11 is 0. The molecule has 0 saturated carbocycles. The summed E-state index contributed by atoms with van der Waals surface area (Å²) in [6.07, 6.45) is 14.9. The molecule has 0 radical (unpaired) electrons. The minimum Gasteiger partial charge on any atom is -0.301 e. The van der Waals surface area contributed by atoms with Crippen molar-refractivity contribution in [1.29, 1.82) is 0 Å². The molecular weight excluding hydrogens is 247 g/mol. The molecule has 0 N–H and O–H groups in total. The fraction of sp³-hybridized carbons (Fsp3) is 0.714. The Morgan fingerprint density at radius 2 is 1.56 bits per heavy atom. The highest BCUT2D eigenvalue weighted by Gasteiger charge is 2.29. The molecule has 0 aromatic heterocycles. The van der Waals surface area contributed by atoms with E-state index >= 15 is 0 Å². The van der Waals surface area contributed by atoms with E-state index in [1.807, 2.05) is 19.1 Å². The van der Waals surface area contributed by atoms with Crippen LogP contribution < -0.4 is 0 Å². The Morgan fingerprint density at radius 3 is 1.89 bits per heavy atom. The second-order valence-corrected chi connectivity index (χ2v) is 7.21. The zero-order valence-corrected chi connectivity index (χ0v) is 12.0. The van der Waals surface area contributed by atoms with Crippen LogP contribution in [0.5, 0.6) is 0 Å². The second-order valence-electron chi connectivity index (χ2n) is 4.93. The quantitative estimate of drug-likeness (QED) is 0.547. The van der Waals surface area contributed by atoms with Crippen LogP contribution in [0.2, 0.25) is 0 Å². The third-order valence-corrected chi connectivity index (χ3v) is 5.36. The average Bonchev–Trinajstić information content (AvgIpc) is 2.41. The number of rotatable bonds is 5. The van der Waals surface area contributed by atoms with E-state index in [1.165, 1.54) is 0 Å². The van der Waals surface area contributed by atoms with E-state index in [9.17, 15) is 4.57 Å². The average molecular weight is 270 g/mol. The molecule has 2 rings (SSSR count). The van der Waals surface area contributed by atoms with Gasteiger partial charge in [0, 0.05) is 6.16 Å². The zero-order chi connectivity index (χ0) is 12.8. The molecule has 0 aliphatic heterocycles. The first kappa shape index (κ1) is 14.0. The van der Waals surface area contributed by atoms with E-state index < -0.39 is 7.60 Å². The third kappa shape index (κ3) is 4.08.